The lowest BCUT2D eigenvalue weighted by atomic mass is 9.48. The van der Waals surface area contributed by atoms with Crippen molar-refractivity contribution in [3.8, 4) is 0 Å². The van der Waals surface area contributed by atoms with Crippen LogP contribution in [0.15, 0.2) is 11.1 Å². The first kappa shape index (κ1) is 25.0. The van der Waals surface area contributed by atoms with Gasteiger partial charge in [-0.05, 0) is 31.3 Å². The van der Waals surface area contributed by atoms with E-state index in [2.05, 4.69) is 15.8 Å². The first-order valence-corrected chi connectivity index (χ1v) is 13.0. The number of rotatable bonds is 7. The summed E-state index contributed by atoms with van der Waals surface area (Å²) in [5.41, 5.74) is -0.564. The van der Waals surface area contributed by atoms with Gasteiger partial charge in [0.1, 0.15) is 23.9 Å². The predicted molar refractivity (Wildman–Crippen MR) is 117 cm³/mol. The molecule has 184 valence electrons. The Bertz CT molecular complexity index is 952. The number of fused-ring (bicyclic) bond motifs is 2. The molecule has 5 aliphatic rings. The zero-order chi connectivity index (χ0) is 24.7. The lowest BCUT2D eigenvalue weighted by molar-refractivity contribution is -0.283. The van der Waals surface area contributed by atoms with Gasteiger partial charge in [-0.3, -0.25) is 4.52 Å². The maximum atomic E-state index is 12.2. The van der Waals surface area contributed by atoms with Crippen molar-refractivity contribution >= 4 is 29.9 Å². The highest BCUT2D eigenvalue weighted by atomic mass is 31.2. The van der Waals surface area contributed by atoms with Crippen molar-refractivity contribution in [3.63, 3.8) is 0 Å². The summed E-state index contributed by atoms with van der Waals surface area (Å²) in [6, 6.07) is 0. The van der Waals surface area contributed by atoms with Crippen LogP contribution < -0.4 is 0 Å². The van der Waals surface area contributed by atoms with Crippen LogP contribution in [0.4, 0.5) is 0 Å². The molecule has 10 nitrogen and oxygen atoms in total. The SMILES string of the molecule is [B]OP(=O)(O[B])OCO[C@@H]1C(C(C)C)[C@@H](O)[C@@H]2O[C@@]23[C@@]2(C)CCC4=C(COC4=O)[C@@H]2CO[C@]13C. The van der Waals surface area contributed by atoms with Crippen molar-refractivity contribution in [1.82, 2.24) is 0 Å². The van der Waals surface area contributed by atoms with E-state index in [1.54, 1.807) is 0 Å². The Labute approximate surface area is 201 Å². The Morgan fingerprint density at radius 3 is 2.62 bits per heavy atom. The van der Waals surface area contributed by atoms with Gasteiger partial charge < -0.3 is 32.9 Å². The third-order valence-electron chi connectivity index (χ3n) is 8.95. The van der Waals surface area contributed by atoms with E-state index in [-0.39, 0.29) is 30.3 Å². The Morgan fingerprint density at radius 1 is 1.26 bits per heavy atom. The van der Waals surface area contributed by atoms with E-state index in [1.807, 2.05) is 20.8 Å². The Kier molecular flexibility index (Phi) is 5.98. The Balaban J connectivity index is 1.50. The fourth-order valence-corrected chi connectivity index (χ4v) is 7.63. The number of carbonyl (C=O) groups excluding carboxylic acids is 1. The van der Waals surface area contributed by atoms with Gasteiger partial charge in [0.2, 0.25) is 0 Å². The van der Waals surface area contributed by atoms with Gasteiger partial charge in [-0.25, -0.2) is 9.36 Å². The highest BCUT2D eigenvalue weighted by Gasteiger charge is 2.86. The first-order valence-electron chi connectivity index (χ1n) is 11.5. The van der Waals surface area contributed by atoms with Crippen molar-refractivity contribution in [2.45, 2.75) is 70.1 Å². The second-order valence-electron chi connectivity index (χ2n) is 10.5. The first-order chi connectivity index (χ1) is 16.0. The lowest BCUT2D eigenvalue weighted by Crippen LogP contribution is -2.75. The van der Waals surface area contributed by atoms with Gasteiger partial charge in [0.25, 0.3) is 16.1 Å². The van der Waals surface area contributed by atoms with Gasteiger partial charge in [-0.2, -0.15) is 0 Å². The smallest absolute Gasteiger partial charge is 0.446 e. The van der Waals surface area contributed by atoms with E-state index >= 15 is 0 Å². The van der Waals surface area contributed by atoms with Crippen LogP contribution in [0.1, 0.15) is 40.5 Å². The van der Waals surface area contributed by atoms with Crippen molar-refractivity contribution in [2.24, 2.45) is 23.2 Å². The van der Waals surface area contributed by atoms with E-state index < -0.39 is 49.5 Å². The van der Waals surface area contributed by atoms with Crippen LogP contribution in [-0.2, 0) is 41.7 Å². The largest absolute Gasteiger partial charge is 0.458 e. The van der Waals surface area contributed by atoms with Gasteiger partial charge in [0.05, 0.1) is 18.8 Å². The number of ether oxygens (including phenoxy) is 4. The topological polar surface area (TPSA) is 122 Å². The Hall–Kier alpha value is -0.710. The molecule has 2 saturated heterocycles. The van der Waals surface area contributed by atoms with Crippen LogP contribution in [0.2, 0.25) is 0 Å². The molecule has 8 atom stereocenters. The van der Waals surface area contributed by atoms with E-state index in [4.69, 9.17) is 39.6 Å². The standard InChI is InChI=1S/C21H29B2O10P/c1-10(2)14-15(24)17-21(31-17)19(3)6-5-11-12(7-27-18(11)25)13(19)8-29-20(21,4)16(14)28-9-30-34(26,32-22)33-23/h10,13-17,24H,5-9H2,1-4H3/t13-,14?,15+,16+,17-,19-,20+,21+/m0/s1. The normalized spacial score (nSPS) is 45.4. The molecule has 3 fully saturated rings. The fraction of sp³-hybridized carbons (Fsp3) is 0.857. The van der Waals surface area contributed by atoms with Gasteiger partial charge in [0, 0.05) is 22.8 Å². The summed E-state index contributed by atoms with van der Waals surface area (Å²) in [5, 5.41) is 11.4. The van der Waals surface area contributed by atoms with Crippen LogP contribution >= 0.6 is 7.82 Å². The minimum absolute atomic E-state index is 0.00186. The number of aliphatic hydroxyl groups is 1. The molecule has 4 radical (unpaired) electrons. The minimum Gasteiger partial charge on any atom is -0.458 e. The summed E-state index contributed by atoms with van der Waals surface area (Å²) >= 11 is 0. The van der Waals surface area contributed by atoms with Crippen LogP contribution in [0, 0.1) is 23.2 Å². The summed E-state index contributed by atoms with van der Waals surface area (Å²) in [4.78, 5) is 12.2. The van der Waals surface area contributed by atoms with Gasteiger partial charge in [0.15, 0.2) is 6.79 Å². The molecular formula is C21H29B2O10P. The van der Waals surface area contributed by atoms with Gasteiger partial charge in [-0.15, -0.1) is 0 Å². The quantitative estimate of drug-likeness (QED) is 0.183. The number of aliphatic hydroxyl groups excluding tert-OH is 1. The number of epoxide rings is 1. The van der Waals surface area contributed by atoms with E-state index in [9.17, 15) is 14.5 Å². The molecule has 1 N–H and O–H groups in total. The van der Waals surface area contributed by atoms with E-state index in [0.29, 0.717) is 19.4 Å². The summed E-state index contributed by atoms with van der Waals surface area (Å²) in [6.07, 6.45) is -0.722. The number of hydrogen-bond donors (Lipinski definition) is 1. The molecule has 13 heteroatoms. The predicted octanol–water partition coefficient (Wildman–Crippen LogP) is 1.50. The zero-order valence-corrected chi connectivity index (χ0v) is 20.6. The minimum atomic E-state index is -4.18. The van der Waals surface area contributed by atoms with E-state index in [0.717, 1.165) is 11.1 Å². The number of carbonyl (C=O) groups is 1. The molecule has 3 aliphatic heterocycles. The maximum Gasteiger partial charge on any atom is 0.446 e. The van der Waals surface area contributed by atoms with Crippen LogP contribution in [-0.4, -0.2) is 76.7 Å². The average molecular weight is 494 g/mol. The highest BCUT2D eigenvalue weighted by Crippen LogP contribution is 2.72. The second kappa shape index (κ2) is 8.15. The third kappa shape index (κ3) is 3.10. The number of hydrogen-bond acceptors (Lipinski definition) is 10. The maximum absolute atomic E-state index is 12.2. The van der Waals surface area contributed by atoms with Crippen LogP contribution in [0.5, 0.6) is 0 Å². The summed E-state index contributed by atoms with van der Waals surface area (Å²) in [7, 11) is 5.75. The van der Waals surface area contributed by atoms with Gasteiger partial charge >= 0.3 is 13.8 Å². The molecule has 0 aromatic carbocycles. The van der Waals surface area contributed by atoms with Crippen molar-refractivity contribution in [2.75, 3.05) is 20.0 Å². The highest BCUT2D eigenvalue weighted by molar-refractivity contribution is 7.50. The Morgan fingerprint density at radius 2 is 1.97 bits per heavy atom. The lowest BCUT2D eigenvalue weighted by Gasteiger charge is -2.61. The van der Waals surface area contributed by atoms with Crippen LogP contribution in [0.25, 0.3) is 0 Å². The fourth-order valence-electron chi connectivity index (χ4n) is 7.27. The molecule has 1 unspecified atom stereocenters. The molecule has 3 heterocycles. The summed E-state index contributed by atoms with van der Waals surface area (Å²) < 4.78 is 50.1. The number of cyclic esters (lactones) is 1. The molecule has 34 heavy (non-hydrogen) atoms. The van der Waals surface area contributed by atoms with Gasteiger partial charge in [-0.1, -0.05) is 20.8 Å². The zero-order valence-electron chi connectivity index (χ0n) is 19.7. The second-order valence-corrected chi connectivity index (χ2v) is 12.1. The number of esters is 1. The molecular weight excluding hydrogens is 465 g/mol. The number of phosphoric acid groups is 1. The van der Waals surface area contributed by atoms with Crippen LogP contribution in [0.3, 0.4) is 0 Å². The molecule has 0 aromatic heterocycles. The summed E-state index contributed by atoms with van der Waals surface area (Å²) in [5.74, 6) is -0.720. The molecule has 0 amide bonds. The molecule has 0 aromatic rings. The summed E-state index contributed by atoms with van der Waals surface area (Å²) in [6.45, 7) is 8.11. The van der Waals surface area contributed by atoms with E-state index in [1.165, 1.54) is 0 Å². The average Bonchev–Trinajstić information content (AvgIpc) is 3.48. The molecule has 1 saturated carbocycles. The van der Waals surface area contributed by atoms with Crippen molar-refractivity contribution in [1.29, 1.82) is 0 Å². The monoisotopic (exact) mass is 494 g/mol. The van der Waals surface area contributed by atoms with Crippen molar-refractivity contribution in [3.05, 3.63) is 11.1 Å². The molecule has 0 bridgehead atoms. The third-order valence-corrected chi connectivity index (χ3v) is 9.89. The molecule has 2 aliphatic carbocycles. The molecule has 5 rings (SSSR count). The van der Waals surface area contributed by atoms with Crippen molar-refractivity contribution < 1.29 is 46.8 Å². The molecule has 1 spiro atoms.